The van der Waals surface area contributed by atoms with Gasteiger partial charge < -0.3 is 9.47 Å². The van der Waals surface area contributed by atoms with Crippen LogP contribution >= 0.6 is 27.7 Å². The third kappa shape index (κ3) is 4.64. The van der Waals surface area contributed by atoms with Crippen LogP contribution in [-0.2, 0) is 11.4 Å². The molecular formula is C21H19BrFNO4S. The second-order valence-corrected chi connectivity index (χ2v) is 8.41. The van der Waals surface area contributed by atoms with Crippen LogP contribution in [0.2, 0.25) is 0 Å². The van der Waals surface area contributed by atoms with Crippen LogP contribution in [-0.4, -0.2) is 29.2 Å². The fourth-order valence-electron chi connectivity index (χ4n) is 2.80. The molecule has 3 rings (SSSR count). The Labute approximate surface area is 181 Å². The highest BCUT2D eigenvalue weighted by molar-refractivity contribution is 9.10. The molecule has 1 fully saturated rings. The molecule has 1 aliphatic heterocycles. The predicted molar refractivity (Wildman–Crippen MR) is 114 cm³/mol. The number of imide groups is 1. The molecule has 0 unspecified atom stereocenters. The van der Waals surface area contributed by atoms with E-state index in [1.165, 1.54) is 18.1 Å². The Morgan fingerprint density at radius 1 is 1.24 bits per heavy atom. The van der Waals surface area contributed by atoms with Gasteiger partial charge in [-0.3, -0.25) is 14.5 Å². The Hall–Kier alpha value is -2.32. The molecule has 152 valence electrons. The number of hydrogen-bond donors (Lipinski definition) is 0. The zero-order chi connectivity index (χ0) is 21.1. The lowest BCUT2D eigenvalue weighted by molar-refractivity contribution is -0.123. The molecule has 0 bridgehead atoms. The van der Waals surface area contributed by atoms with Crippen molar-refractivity contribution in [3.63, 3.8) is 0 Å². The van der Waals surface area contributed by atoms with E-state index in [1.807, 2.05) is 0 Å². The third-order valence-corrected chi connectivity index (χ3v) is 5.69. The first-order valence-corrected chi connectivity index (χ1v) is 10.4. The number of thioether (sulfide) groups is 1. The SMILES string of the molecule is COc1cc(/C=C2/SC(=O)N(C(C)C)C2=O)cc(Br)c1OCc1ccccc1F. The molecule has 0 aromatic heterocycles. The number of rotatable bonds is 6. The molecule has 0 radical (unpaired) electrons. The van der Waals surface area contributed by atoms with Crippen molar-refractivity contribution in [1.29, 1.82) is 0 Å². The van der Waals surface area contributed by atoms with Gasteiger partial charge in [0.25, 0.3) is 11.1 Å². The van der Waals surface area contributed by atoms with E-state index in [-0.39, 0.29) is 29.6 Å². The third-order valence-electron chi connectivity index (χ3n) is 4.22. The van der Waals surface area contributed by atoms with E-state index in [4.69, 9.17) is 9.47 Å². The van der Waals surface area contributed by atoms with Gasteiger partial charge in [-0.25, -0.2) is 4.39 Å². The zero-order valence-corrected chi connectivity index (χ0v) is 18.5. The van der Waals surface area contributed by atoms with Crippen molar-refractivity contribution in [1.82, 2.24) is 4.90 Å². The van der Waals surface area contributed by atoms with Crippen LogP contribution in [0.1, 0.15) is 25.0 Å². The summed E-state index contributed by atoms with van der Waals surface area (Å²) in [6.07, 6.45) is 1.64. The summed E-state index contributed by atoms with van der Waals surface area (Å²) >= 11 is 4.35. The largest absolute Gasteiger partial charge is 0.493 e. The summed E-state index contributed by atoms with van der Waals surface area (Å²) < 4.78 is 25.6. The second-order valence-electron chi connectivity index (χ2n) is 6.56. The summed E-state index contributed by atoms with van der Waals surface area (Å²) in [6, 6.07) is 9.62. The standard InChI is InChI=1S/C21H19BrFNO4S/c1-12(2)24-20(25)18(29-21(24)26)10-13-8-15(22)19(17(9-13)27-3)28-11-14-6-4-5-7-16(14)23/h4-10,12H,11H2,1-3H3/b18-10+. The smallest absolute Gasteiger partial charge is 0.293 e. The normalized spacial score (nSPS) is 15.5. The summed E-state index contributed by atoms with van der Waals surface area (Å²) in [5.74, 6) is 0.179. The van der Waals surface area contributed by atoms with Gasteiger partial charge in [-0.05, 0) is 71.4 Å². The molecule has 1 saturated heterocycles. The second kappa shape index (κ2) is 9.00. The molecule has 2 aromatic carbocycles. The van der Waals surface area contributed by atoms with Gasteiger partial charge >= 0.3 is 0 Å². The number of hydrogen-bond acceptors (Lipinski definition) is 5. The van der Waals surface area contributed by atoms with Crippen LogP contribution in [0.15, 0.2) is 45.8 Å². The first kappa shape index (κ1) is 21.4. The molecule has 1 aliphatic rings. The molecule has 2 aromatic rings. The van der Waals surface area contributed by atoms with Crippen molar-refractivity contribution < 1.29 is 23.5 Å². The van der Waals surface area contributed by atoms with Crippen LogP contribution in [0, 0.1) is 5.82 Å². The van der Waals surface area contributed by atoms with E-state index in [2.05, 4.69) is 15.9 Å². The lowest BCUT2D eigenvalue weighted by Gasteiger charge is -2.16. The van der Waals surface area contributed by atoms with Crippen molar-refractivity contribution in [3.8, 4) is 11.5 Å². The highest BCUT2D eigenvalue weighted by atomic mass is 79.9. The number of carbonyl (C=O) groups excluding carboxylic acids is 2. The molecule has 0 atom stereocenters. The van der Waals surface area contributed by atoms with Gasteiger partial charge in [-0.15, -0.1) is 0 Å². The average molecular weight is 480 g/mol. The number of carbonyl (C=O) groups is 2. The Kier molecular flexibility index (Phi) is 6.64. The monoisotopic (exact) mass is 479 g/mol. The molecule has 8 heteroatoms. The van der Waals surface area contributed by atoms with E-state index in [0.29, 0.717) is 32.0 Å². The van der Waals surface area contributed by atoms with E-state index in [9.17, 15) is 14.0 Å². The molecule has 0 N–H and O–H groups in total. The summed E-state index contributed by atoms with van der Waals surface area (Å²) in [7, 11) is 1.49. The van der Waals surface area contributed by atoms with E-state index < -0.39 is 0 Å². The highest BCUT2D eigenvalue weighted by Gasteiger charge is 2.36. The Morgan fingerprint density at radius 3 is 2.59 bits per heavy atom. The van der Waals surface area contributed by atoms with E-state index in [1.54, 1.807) is 50.3 Å². The Balaban J connectivity index is 1.86. The van der Waals surface area contributed by atoms with E-state index in [0.717, 1.165) is 11.8 Å². The molecule has 1 heterocycles. The predicted octanol–water partition coefficient (Wildman–Crippen LogP) is 5.62. The first-order valence-electron chi connectivity index (χ1n) is 8.82. The van der Waals surface area contributed by atoms with Crippen LogP contribution in [0.5, 0.6) is 11.5 Å². The van der Waals surface area contributed by atoms with Crippen molar-refractivity contribution in [2.75, 3.05) is 7.11 Å². The van der Waals surface area contributed by atoms with Gasteiger partial charge in [-0.1, -0.05) is 18.2 Å². The minimum Gasteiger partial charge on any atom is -0.493 e. The Morgan fingerprint density at radius 2 is 1.97 bits per heavy atom. The maximum absolute atomic E-state index is 13.8. The zero-order valence-electron chi connectivity index (χ0n) is 16.1. The number of amides is 2. The van der Waals surface area contributed by atoms with E-state index >= 15 is 0 Å². The first-order chi connectivity index (χ1) is 13.8. The fraction of sp³-hybridized carbons (Fsp3) is 0.238. The van der Waals surface area contributed by atoms with Gasteiger partial charge in [-0.2, -0.15) is 0 Å². The van der Waals surface area contributed by atoms with Crippen LogP contribution in [0.4, 0.5) is 9.18 Å². The number of benzene rings is 2. The van der Waals surface area contributed by atoms with Gasteiger partial charge in [0.15, 0.2) is 11.5 Å². The average Bonchev–Trinajstić information content (AvgIpc) is 2.95. The van der Waals surface area contributed by atoms with Gasteiger partial charge in [0.05, 0.1) is 16.5 Å². The summed E-state index contributed by atoms with van der Waals surface area (Å²) in [5.41, 5.74) is 1.09. The van der Waals surface area contributed by atoms with Crippen LogP contribution in [0.3, 0.4) is 0 Å². The molecular weight excluding hydrogens is 461 g/mol. The Bertz CT molecular complexity index is 993. The minimum atomic E-state index is -0.347. The molecule has 2 amide bonds. The quantitative estimate of drug-likeness (QED) is 0.503. The van der Waals surface area contributed by atoms with Crippen molar-refractivity contribution >= 4 is 44.9 Å². The van der Waals surface area contributed by atoms with Gasteiger partial charge in [0.1, 0.15) is 12.4 Å². The fourth-order valence-corrected chi connectivity index (χ4v) is 4.34. The van der Waals surface area contributed by atoms with Crippen molar-refractivity contribution in [3.05, 3.63) is 62.7 Å². The number of methoxy groups -OCH3 is 1. The lowest BCUT2D eigenvalue weighted by Crippen LogP contribution is -2.34. The molecule has 0 aliphatic carbocycles. The summed E-state index contributed by atoms with van der Waals surface area (Å²) in [5, 5.41) is -0.285. The van der Waals surface area contributed by atoms with Gasteiger partial charge in [0.2, 0.25) is 0 Å². The van der Waals surface area contributed by atoms with Crippen molar-refractivity contribution in [2.45, 2.75) is 26.5 Å². The highest BCUT2D eigenvalue weighted by Crippen LogP contribution is 2.39. The molecule has 29 heavy (non-hydrogen) atoms. The summed E-state index contributed by atoms with van der Waals surface area (Å²) in [6.45, 7) is 3.62. The maximum Gasteiger partial charge on any atom is 0.293 e. The maximum atomic E-state index is 13.8. The minimum absolute atomic E-state index is 0.0360. The summed E-state index contributed by atoms with van der Waals surface area (Å²) in [4.78, 5) is 26.1. The topological polar surface area (TPSA) is 55.8 Å². The number of ether oxygens (including phenoxy) is 2. The van der Waals surface area contributed by atoms with Crippen LogP contribution in [0.25, 0.3) is 6.08 Å². The number of halogens is 2. The van der Waals surface area contributed by atoms with Crippen LogP contribution < -0.4 is 9.47 Å². The molecule has 0 spiro atoms. The molecule has 0 saturated carbocycles. The molecule has 5 nitrogen and oxygen atoms in total. The lowest BCUT2D eigenvalue weighted by atomic mass is 10.1. The van der Waals surface area contributed by atoms with Gasteiger partial charge in [0, 0.05) is 11.6 Å². The van der Waals surface area contributed by atoms with Crippen molar-refractivity contribution in [2.24, 2.45) is 0 Å². The number of nitrogens with zero attached hydrogens (tertiary/aromatic N) is 1.